The molecule has 1 amide bonds. The molecule has 2 aromatic rings. The molecule has 0 atom stereocenters. The Balaban J connectivity index is 1.83. The number of phenols is 1. The summed E-state index contributed by atoms with van der Waals surface area (Å²) in [5, 5.41) is 12.2. The fourth-order valence-electron chi connectivity index (χ4n) is 1.71. The summed E-state index contributed by atoms with van der Waals surface area (Å²) in [7, 11) is 0. The Labute approximate surface area is 141 Å². The van der Waals surface area contributed by atoms with E-state index < -0.39 is 12.5 Å². The van der Waals surface area contributed by atoms with Crippen LogP contribution >= 0.6 is 12.2 Å². The number of hydrazine groups is 1. The van der Waals surface area contributed by atoms with Gasteiger partial charge in [0.05, 0.1) is 0 Å². The van der Waals surface area contributed by atoms with E-state index >= 15 is 0 Å². The summed E-state index contributed by atoms with van der Waals surface area (Å²) >= 11 is 5.00. The van der Waals surface area contributed by atoms with E-state index in [1.165, 1.54) is 48.5 Å². The molecule has 0 aromatic heterocycles. The van der Waals surface area contributed by atoms with Crippen LogP contribution in [0.3, 0.4) is 0 Å². The molecule has 0 aliphatic heterocycles. The summed E-state index contributed by atoms with van der Waals surface area (Å²) in [6.45, 7) is -2.89. The van der Waals surface area contributed by atoms with Gasteiger partial charge in [0.15, 0.2) is 5.11 Å². The minimum Gasteiger partial charge on any atom is -0.508 e. The molecule has 0 saturated carbocycles. The molecule has 24 heavy (non-hydrogen) atoms. The lowest BCUT2D eigenvalue weighted by Gasteiger charge is -2.12. The Morgan fingerprint density at radius 1 is 1.12 bits per heavy atom. The Hall–Kier alpha value is -2.94. The minimum absolute atomic E-state index is 0.0200. The highest BCUT2D eigenvalue weighted by atomic mass is 32.1. The number of alkyl halides is 2. The van der Waals surface area contributed by atoms with Crippen molar-refractivity contribution in [3.05, 3.63) is 54.1 Å². The van der Waals surface area contributed by atoms with E-state index in [1.54, 1.807) is 0 Å². The average molecular weight is 353 g/mol. The van der Waals surface area contributed by atoms with Crippen molar-refractivity contribution in [2.45, 2.75) is 6.61 Å². The number of rotatable bonds is 4. The third-order valence-electron chi connectivity index (χ3n) is 2.74. The van der Waals surface area contributed by atoms with Gasteiger partial charge in [-0.1, -0.05) is 6.07 Å². The predicted molar refractivity (Wildman–Crippen MR) is 88.0 cm³/mol. The highest BCUT2D eigenvalue weighted by Gasteiger charge is 2.07. The molecule has 9 heteroatoms. The van der Waals surface area contributed by atoms with E-state index in [0.717, 1.165) is 0 Å². The van der Waals surface area contributed by atoms with Crippen molar-refractivity contribution in [3.8, 4) is 11.5 Å². The second kappa shape index (κ2) is 8.06. The van der Waals surface area contributed by atoms with E-state index in [4.69, 9.17) is 12.2 Å². The van der Waals surface area contributed by atoms with Crippen molar-refractivity contribution in [3.63, 3.8) is 0 Å². The number of phenolic OH excluding ortho intramolecular Hbond substituents is 1. The standard InChI is InChI=1S/C15H13F2N3O3S/c16-14(17)23-12-6-4-10(5-7-12)18-15(24)20-19-13(22)9-2-1-3-11(21)8-9/h1-8,14,21H,(H,19,22)(H2,18,20,24). The Morgan fingerprint density at radius 3 is 2.46 bits per heavy atom. The second-order valence-electron chi connectivity index (χ2n) is 4.49. The van der Waals surface area contributed by atoms with Crippen LogP contribution in [-0.4, -0.2) is 22.7 Å². The molecule has 2 rings (SSSR count). The SMILES string of the molecule is O=C(NNC(=S)Nc1ccc(OC(F)F)cc1)c1cccc(O)c1. The van der Waals surface area contributed by atoms with E-state index in [9.17, 15) is 18.7 Å². The van der Waals surface area contributed by atoms with Gasteiger partial charge in [-0.2, -0.15) is 8.78 Å². The van der Waals surface area contributed by atoms with Gasteiger partial charge in [0, 0.05) is 11.3 Å². The number of aromatic hydroxyl groups is 1. The quantitative estimate of drug-likeness (QED) is 0.500. The third kappa shape index (κ3) is 5.36. The second-order valence-corrected chi connectivity index (χ2v) is 4.89. The molecule has 0 saturated heterocycles. The van der Waals surface area contributed by atoms with E-state index in [0.29, 0.717) is 5.69 Å². The first-order chi connectivity index (χ1) is 11.4. The van der Waals surface area contributed by atoms with Crippen LogP contribution in [0.1, 0.15) is 10.4 Å². The summed E-state index contributed by atoms with van der Waals surface area (Å²) in [4.78, 5) is 11.8. The van der Waals surface area contributed by atoms with Crippen molar-refractivity contribution in [1.82, 2.24) is 10.9 Å². The number of hydrogen-bond donors (Lipinski definition) is 4. The number of benzene rings is 2. The van der Waals surface area contributed by atoms with Crippen LogP contribution in [0.4, 0.5) is 14.5 Å². The molecule has 0 fully saturated rings. The van der Waals surface area contributed by atoms with Gasteiger partial charge in [0.2, 0.25) is 0 Å². The molecule has 4 N–H and O–H groups in total. The largest absolute Gasteiger partial charge is 0.508 e. The van der Waals surface area contributed by atoms with Crippen molar-refractivity contribution < 1.29 is 23.4 Å². The summed E-state index contributed by atoms with van der Waals surface area (Å²) < 4.78 is 28.3. The molecular formula is C15H13F2N3O3S. The first-order valence-electron chi connectivity index (χ1n) is 6.65. The summed E-state index contributed by atoms with van der Waals surface area (Å²) in [5.41, 5.74) is 5.60. The number of thiocarbonyl (C=S) groups is 1. The van der Waals surface area contributed by atoms with Crippen molar-refractivity contribution in [2.24, 2.45) is 0 Å². The van der Waals surface area contributed by atoms with E-state index in [1.807, 2.05) is 0 Å². The number of nitrogens with one attached hydrogen (secondary N) is 3. The van der Waals surface area contributed by atoms with Gasteiger partial charge in [-0.25, -0.2) is 0 Å². The first kappa shape index (κ1) is 17.4. The molecule has 0 bridgehead atoms. The number of amides is 1. The van der Waals surface area contributed by atoms with Crippen molar-refractivity contribution in [1.29, 1.82) is 0 Å². The van der Waals surface area contributed by atoms with E-state index in [2.05, 4.69) is 20.9 Å². The first-order valence-corrected chi connectivity index (χ1v) is 7.06. The zero-order chi connectivity index (χ0) is 17.5. The highest BCUT2D eigenvalue weighted by Crippen LogP contribution is 2.17. The van der Waals surface area contributed by atoms with Crippen LogP contribution < -0.4 is 20.9 Å². The van der Waals surface area contributed by atoms with Crippen LogP contribution in [0, 0.1) is 0 Å². The van der Waals surface area contributed by atoms with Crippen LogP contribution in [0.5, 0.6) is 11.5 Å². The lowest BCUT2D eigenvalue weighted by atomic mass is 10.2. The zero-order valence-electron chi connectivity index (χ0n) is 12.1. The molecule has 0 unspecified atom stereocenters. The molecule has 0 spiro atoms. The lowest BCUT2D eigenvalue weighted by Crippen LogP contribution is -2.43. The topological polar surface area (TPSA) is 82.6 Å². The minimum atomic E-state index is -2.89. The molecule has 2 aromatic carbocycles. The maximum atomic E-state index is 12.0. The van der Waals surface area contributed by atoms with Gasteiger partial charge < -0.3 is 15.2 Å². The number of carbonyl (C=O) groups excluding carboxylic acids is 1. The Morgan fingerprint density at radius 2 is 1.83 bits per heavy atom. The van der Waals surface area contributed by atoms with E-state index in [-0.39, 0.29) is 22.2 Å². The Bertz CT molecular complexity index is 726. The van der Waals surface area contributed by atoms with Crippen LogP contribution in [0.25, 0.3) is 0 Å². The maximum absolute atomic E-state index is 12.0. The number of halogens is 2. The van der Waals surface area contributed by atoms with Gasteiger partial charge >= 0.3 is 6.61 Å². The summed E-state index contributed by atoms with van der Waals surface area (Å²) in [5.74, 6) is -0.503. The highest BCUT2D eigenvalue weighted by molar-refractivity contribution is 7.80. The van der Waals surface area contributed by atoms with Gasteiger partial charge in [-0.3, -0.25) is 15.6 Å². The molecule has 0 heterocycles. The van der Waals surface area contributed by atoms with Crippen LogP contribution in [0.15, 0.2) is 48.5 Å². The monoisotopic (exact) mass is 353 g/mol. The summed E-state index contributed by atoms with van der Waals surface area (Å²) in [6.07, 6.45) is 0. The Kier molecular flexibility index (Phi) is 5.85. The van der Waals surface area contributed by atoms with Gasteiger partial charge in [-0.05, 0) is 54.7 Å². The predicted octanol–water partition coefficient (Wildman–Crippen LogP) is 2.62. The van der Waals surface area contributed by atoms with Crippen LogP contribution in [-0.2, 0) is 0 Å². The fraction of sp³-hybridized carbons (Fsp3) is 0.0667. The number of anilines is 1. The lowest BCUT2D eigenvalue weighted by molar-refractivity contribution is -0.0498. The zero-order valence-corrected chi connectivity index (χ0v) is 12.9. The van der Waals surface area contributed by atoms with Crippen molar-refractivity contribution in [2.75, 3.05) is 5.32 Å². The molecule has 0 aliphatic rings. The molecule has 126 valence electrons. The van der Waals surface area contributed by atoms with Gasteiger partial charge in [0.1, 0.15) is 11.5 Å². The van der Waals surface area contributed by atoms with Crippen molar-refractivity contribution >= 4 is 28.9 Å². The normalized spacial score (nSPS) is 10.1. The third-order valence-corrected chi connectivity index (χ3v) is 2.94. The number of carbonyl (C=O) groups is 1. The van der Waals surface area contributed by atoms with Gasteiger partial charge in [0.25, 0.3) is 5.91 Å². The molecule has 0 aliphatic carbocycles. The molecule has 6 nitrogen and oxygen atoms in total. The number of hydrogen-bond acceptors (Lipinski definition) is 4. The maximum Gasteiger partial charge on any atom is 0.387 e. The van der Waals surface area contributed by atoms with Crippen LogP contribution in [0.2, 0.25) is 0 Å². The number of ether oxygens (including phenoxy) is 1. The summed E-state index contributed by atoms with van der Waals surface area (Å²) in [6, 6.07) is 11.5. The average Bonchev–Trinajstić information content (AvgIpc) is 2.54. The van der Waals surface area contributed by atoms with Gasteiger partial charge in [-0.15, -0.1) is 0 Å². The molecular weight excluding hydrogens is 340 g/mol. The molecule has 0 radical (unpaired) electrons. The fourth-order valence-corrected chi connectivity index (χ4v) is 1.88. The smallest absolute Gasteiger partial charge is 0.387 e.